The average Bonchev–Trinajstić information content (AvgIpc) is 3.01. The van der Waals surface area contributed by atoms with Gasteiger partial charge in [0.05, 0.1) is 4.34 Å². The summed E-state index contributed by atoms with van der Waals surface area (Å²) >= 11 is 7.49. The zero-order valence-electron chi connectivity index (χ0n) is 12.9. The summed E-state index contributed by atoms with van der Waals surface area (Å²) in [7, 11) is 0. The van der Waals surface area contributed by atoms with Crippen LogP contribution in [0.4, 0.5) is 0 Å². The minimum Gasteiger partial charge on any atom is -0.291 e. The van der Waals surface area contributed by atoms with Gasteiger partial charge in [0, 0.05) is 23.6 Å². The highest BCUT2D eigenvalue weighted by molar-refractivity contribution is 7.17. The standard InChI is InChI=1S/C20H18ClNS/c1-15(13-22-14-17-11-12-20(21)23-17)18-9-5-6-10-19(18)16-7-3-2-4-8-16/h2-12,14-15H,13H2,1H3. The molecule has 1 nitrogen and oxygen atoms in total. The van der Waals surface area contributed by atoms with E-state index in [9.17, 15) is 0 Å². The molecule has 0 aliphatic carbocycles. The molecule has 3 heteroatoms. The van der Waals surface area contributed by atoms with Crippen LogP contribution in [0.15, 0.2) is 71.7 Å². The molecule has 1 aromatic heterocycles. The largest absolute Gasteiger partial charge is 0.291 e. The molecule has 116 valence electrons. The Balaban J connectivity index is 1.77. The number of benzene rings is 2. The van der Waals surface area contributed by atoms with E-state index in [0.29, 0.717) is 5.92 Å². The minimum atomic E-state index is 0.359. The second-order valence-corrected chi connectivity index (χ2v) is 7.24. The van der Waals surface area contributed by atoms with Crippen LogP contribution in [0.1, 0.15) is 23.3 Å². The number of hydrogen-bond acceptors (Lipinski definition) is 2. The van der Waals surface area contributed by atoms with Gasteiger partial charge in [0.25, 0.3) is 0 Å². The van der Waals surface area contributed by atoms with Crippen LogP contribution in [0.3, 0.4) is 0 Å². The summed E-state index contributed by atoms with van der Waals surface area (Å²) in [5, 5.41) is 0. The summed E-state index contributed by atoms with van der Waals surface area (Å²) in [5.74, 6) is 0.359. The lowest BCUT2D eigenvalue weighted by Gasteiger charge is -2.15. The second kappa shape index (κ2) is 7.58. The minimum absolute atomic E-state index is 0.359. The first-order valence-electron chi connectivity index (χ1n) is 7.63. The first kappa shape index (κ1) is 16.0. The van der Waals surface area contributed by atoms with Crippen molar-refractivity contribution in [3.63, 3.8) is 0 Å². The molecule has 2 aromatic carbocycles. The summed E-state index contributed by atoms with van der Waals surface area (Å²) in [6.45, 7) is 2.99. The van der Waals surface area contributed by atoms with Crippen molar-refractivity contribution in [2.75, 3.05) is 6.54 Å². The van der Waals surface area contributed by atoms with E-state index in [-0.39, 0.29) is 0 Å². The third kappa shape index (κ3) is 4.10. The zero-order valence-corrected chi connectivity index (χ0v) is 14.5. The van der Waals surface area contributed by atoms with E-state index in [0.717, 1.165) is 15.8 Å². The van der Waals surface area contributed by atoms with Crippen LogP contribution in [0.25, 0.3) is 11.1 Å². The molecule has 1 atom stereocenters. The molecular weight excluding hydrogens is 322 g/mol. The van der Waals surface area contributed by atoms with Gasteiger partial charge in [-0.05, 0) is 28.8 Å². The van der Waals surface area contributed by atoms with Gasteiger partial charge in [-0.3, -0.25) is 4.99 Å². The molecule has 3 rings (SSSR count). The summed E-state index contributed by atoms with van der Waals surface area (Å²) in [4.78, 5) is 5.69. The van der Waals surface area contributed by atoms with Crippen molar-refractivity contribution in [2.45, 2.75) is 12.8 Å². The normalized spacial score (nSPS) is 12.6. The van der Waals surface area contributed by atoms with Crippen molar-refractivity contribution in [2.24, 2.45) is 4.99 Å². The Kier molecular flexibility index (Phi) is 5.27. The van der Waals surface area contributed by atoms with Crippen LogP contribution in [-0.4, -0.2) is 12.8 Å². The molecule has 0 bridgehead atoms. The number of nitrogens with zero attached hydrogens (tertiary/aromatic N) is 1. The first-order chi connectivity index (χ1) is 11.2. The molecule has 1 unspecified atom stereocenters. The van der Waals surface area contributed by atoms with Crippen LogP contribution >= 0.6 is 22.9 Å². The molecule has 0 fully saturated rings. The van der Waals surface area contributed by atoms with Gasteiger partial charge in [0.2, 0.25) is 0 Å². The van der Waals surface area contributed by atoms with E-state index in [2.05, 4.69) is 60.4 Å². The zero-order chi connectivity index (χ0) is 16.1. The van der Waals surface area contributed by atoms with E-state index in [1.807, 2.05) is 24.4 Å². The predicted octanol–water partition coefficient (Wildman–Crippen LogP) is 6.29. The highest BCUT2D eigenvalue weighted by Crippen LogP contribution is 2.29. The molecule has 1 heterocycles. The predicted molar refractivity (Wildman–Crippen MR) is 102 cm³/mol. The van der Waals surface area contributed by atoms with Crippen LogP contribution in [-0.2, 0) is 0 Å². The van der Waals surface area contributed by atoms with E-state index >= 15 is 0 Å². The van der Waals surface area contributed by atoms with Gasteiger partial charge in [-0.1, -0.05) is 73.1 Å². The molecule has 0 saturated carbocycles. The van der Waals surface area contributed by atoms with Gasteiger partial charge >= 0.3 is 0 Å². The topological polar surface area (TPSA) is 12.4 Å². The molecule has 0 aliphatic heterocycles. The van der Waals surface area contributed by atoms with E-state index in [1.165, 1.54) is 16.7 Å². The lowest BCUT2D eigenvalue weighted by Crippen LogP contribution is -2.00. The number of halogens is 1. The molecule has 0 radical (unpaired) electrons. The maximum absolute atomic E-state index is 5.94. The monoisotopic (exact) mass is 339 g/mol. The maximum atomic E-state index is 5.94. The Hall–Kier alpha value is -1.90. The number of hydrogen-bond donors (Lipinski definition) is 0. The lowest BCUT2D eigenvalue weighted by atomic mass is 9.92. The van der Waals surface area contributed by atoms with Crippen molar-refractivity contribution in [3.8, 4) is 11.1 Å². The first-order valence-corrected chi connectivity index (χ1v) is 8.83. The summed E-state index contributed by atoms with van der Waals surface area (Å²) in [5.41, 5.74) is 3.87. The van der Waals surface area contributed by atoms with Gasteiger partial charge in [0.15, 0.2) is 0 Å². The number of rotatable bonds is 5. The third-order valence-corrected chi connectivity index (χ3v) is 4.93. The Labute approximate surface area is 146 Å². The Bertz CT molecular complexity index is 792. The fraction of sp³-hybridized carbons (Fsp3) is 0.150. The Morgan fingerprint density at radius 2 is 1.74 bits per heavy atom. The van der Waals surface area contributed by atoms with E-state index < -0.39 is 0 Å². The summed E-state index contributed by atoms with van der Waals surface area (Å²) in [6, 6.07) is 23.0. The molecule has 0 aliphatic rings. The van der Waals surface area contributed by atoms with Crippen molar-refractivity contribution in [1.29, 1.82) is 0 Å². The highest BCUT2D eigenvalue weighted by atomic mass is 35.5. The fourth-order valence-electron chi connectivity index (χ4n) is 2.60. The van der Waals surface area contributed by atoms with Crippen LogP contribution in [0, 0.1) is 0 Å². The number of aliphatic imine (C=N–C) groups is 1. The molecule has 0 N–H and O–H groups in total. The average molecular weight is 340 g/mol. The van der Waals surface area contributed by atoms with Crippen LogP contribution in [0.5, 0.6) is 0 Å². The molecule has 0 saturated heterocycles. The molecule has 23 heavy (non-hydrogen) atoms. The molecule has 3 aromatic rings. The number of thiophene rings is 1. The SMILES string of the molecule is CC(CN=Cc1ccc(Cl)s1)c1ccccc1-c1ccccc1. The smallest absolute Gasteiger partial charge is 0.0935 e. The fourth-order valence-corrected chi connectivity index (χ4v) is 3.56. The van der Waals surface area contributed by atoms with Gasteiger partial charge in [-0.15, -0.1) is 11.3 Å². The maximum Gasteiger partial charge on any atom is 0.0935 e. The molecular formula is C20H18ClNS. The molecule has 0 amide bonds. The molecule has 0 spiro atoms. The summed E-state index contributed by atoms with van der Waals surface area (Å²) in [6.07, 6.45) is 1.91. The lowest BCUT2D eigenvalue weighted by molar-refractivity contribution is 0.779. The van der Waals surface area contributed by atoms with Crippen molar-refractivity contribution < 1.29 is 0 Å². The van der Waals surface area contributed by atoms with Gasteiger partial charge in [-0.25, -0.2) is 0 Å². The van der Waals surface area contributed by atoms with Crippen molar-refractivity contribution >= 4 is 29.2 Å². The Morgan fingerprint density at radius 3 is 2.48 bits per heavy atom. The van der Waals surface area contributed by atoms with Gasteiger partial charge < -0.3 is 0 Å². The quantitative estimate of drug-likeness (QED) is 0.484. The van der Waals surface area contributed by atoms with Crippen molar-refractivity contribution in [3.05, 3.63) is 81.5 Å². The van der Waals surface area contributed by atoms with Crippen molar-refractivity contribution in [1.82, 2.24) is 0 Å². The Morgan fingerprint density at radius 1 is 1.00 bits per heavy atom. The third-order valence-electron chi connectivity index (χ3n) is 3.77. The van der Waals surface area contributed by atoms with Gasteiger partial charge in [0.1, 0.15) is 0 Å². The van der Waals surface area contributed by atoms with Crippen LogP contribution < -0.4 is 0 Å². The van der Waals surface area contributed by atoms with Crippen LogP contribution in [0.2, 0.25) is 4.34 Å². The second-order valence-electron chi connectivity index (χ2n) is 5.49. The van der Waals surface area contributed by atoms with E-state index in [4.69, 9.17) is 11.6 Å². The highest BCUT2D eigenvalue weighted by Gasteiger charge is 2.10. The van der Waals surface area contributed by atoms with Gasteiger partial charge in [-0.2, -0.15) is 0 Å². The summed E-state index contributed by atoms with van der Waals surface area (Å²) < 4.78 is 0.800. The van der Waals surface area contributed by atoms with E-state index in [1.54, 1.807) is 11.3 Å².